The molecule has 3 aromatic carbocycles. The topological polar surface area (TPSA) is 86.8 Å². The zero-order valence-electron chi connectivity index (χ0n) is 16.2. The fourth-order valence-corrected chi connectivity index (χ4v) is 5.96. The Labute approximate surface area is 174 Å². The van der Waals surface area contributed by atoms with Crippen LogP contribution in [0.1, 0.15) is 13.3 Å². The molecule has 2 aliphatic heterocycles. The van der Waals surface area contributed by atoms with Crippen molar-refractivity contribution in [2.24, 2.45) is 0 Å². The molecule has 0 bridgehead atoms. The van der Waals surface area contributed by atoms with Crippen molar-refractivity contribution in [3.63, 3.8) is 0 Å². The van der Waals surface area contributed by atoms with Gasteiger partial charge >= 0.3 is 0 Å². The molecule has 0 fully saturated rings. The average molecular weight is 421 g/mol. The Bertz CT molecular complexity index is 1310. The Morgan fingerprint density at radius 2 is 1.73 bits per heavy atom. The second-order valence-electron chi connectivity index (χ2n) is 7.53. The quantitative estimate of drug-likeness (QED) is 0.689. The fraction of sp³-hybridized carbons (Fsp3) is 0.182. The van der Waals surface area contributed by atoms with Crippen LogP contribution in [0, 0.1) is 0 Å². The van der Waals surface area contributed by atoms with Gasteiger partial charge in [0.2, 0.25) is 11.8 Å². The molecule has 2 heterocycles. The number of para-hydroxylation sites is 2. The number of nitrogens with one attached hydrogen (secondary N) is 1. The monoisotopic (exact) mass is 421 g/mol. The Balaban J connectivity index is 1.57. The summed E-state index contributed by atoms with van der Waals surface area (Å²) in [5.41, 5.74) is 1.60. The first-order valence-corrected chi connectivity index (χ1v) is 11.1. The molecule has 8 heteroatoms. The van der Waals surface area contributed by atoms with Crippen molar-refractivity contribution in [2.45, 2.75) is 24.3 Å². The largest absolute Gasteiger partial charge is 0.324 e. The zero-order valence-corrected chi connectivity index (χ0v) is 17.0. The van der Waals surface area contributed by atoms with Crippen molar-refractivity contribution >= 4 is 49.7 Å². The van der Waals surface area contributed by atoms with Crippen molar-refractivity contribution in [2.75, 3.05) is 21.1 Å². The number of hydrogen-bond donors (Lipinski definition) is 1. The van der Waals surface area contributed by atoms with Crippen LogP contribution in [0.5, 0.6) is 0 Å². The van der Waals surface area contributed by atoms with E-state index in [1.54, 1.807) is 55.5 Å². The number of sulfonamides is 1. The summed E-state index contributed by atoms with van der Waals surface area (Å²) >= 11 is 0. The lowest BCUT2D eigenvalue weighted by Crippen LogP contribution is -2.46. The third-order valence-electron chi connectivity index (χ3n) is 5.59. The van der Waals surface area contributed by atoms with Gasteiger partial charge in [-0.05, 0) is 36.6 Å². The molecule has 30 heavy (non-hydrogen) atoms. The van der Waals surface area contributed by atoms with E-state index in [1.807, 2.05) is 12.1 Å². The standard InChI is InChI=1S/C22H19N3O4S/c1-14-12-20(26)23-16-8-2-3-9-17(16)25(14)21(27)13-24-18-10-4-6-15-7-5-11-19(22(15)18)30(24,28)29/h2-11,14H,12-13H2,1H3,(H,23,26). The maximum Gasteiger partial charge on any atom is 0.265 e. The van der Waals surface area contributed by atoms with Gasteiger partial charge in [-0.25, -0.2) is 8.42 Å². The number of anilines is 3. The van der Waals surface area contributed by atoms with E-state index in [0.717, 1.165) is 5.39 Å². The van der Waals surface area contributed by atoms with Gasteiger partial charge in [0.1, 0.15) is 6.54 Å². The number of carbonyl (C=O) groups excluding carboxylic acids is 2. The van der Waals surface area contributed by atoms with E-state index in [9.17, 15) is 18.0 Å². The fourth-order valence-electron chi connectivity index (χ4n) is 4.30. The smallest absolute Gasteiger partial charge is 0.265 e. The van der Waals surface area contributed by atoms with E-state index < -0.39 is 16.1 Å². The van der Waals surface area contributed by atoms with E-state index in [4.69, 9.17) is 0 Å². The molecule has 2 aliphatic rings. The molecule has 1 atom stereocenters. The van der Waals surface area contributed by atoms with E-state index >= 15 is 0 Å². The molecule has 7 nitrogen and oxygen atoms in total. The third-order valence-corrected chi connectivity index (χ3v) is 7.39. The summed E-state index contributed by atoms with van der Waals surface area (Å²) in [5, 5.41) is 4.26. The highest BCUT2D eigenvalue weighted by molar-refractivity contribution is 7.93. The molecule has 5 rings (SSSR count). The first-order valence-electron chi connectivity index (χ1n) is 9.63. The molecule has 152 valence electrons. The lowest BCUT2D eigenvalue weighted by molar-refractivity contribution is -0.118. The van der Waals surface area contributed by atoms with Gasteiger partial charge in [-0.3, -0.25) is 13.9 Å². The van der Waals surface area contributed by atoms with Crippen LogP contribution in [0.25, 0.3) is 10.8 Å². The Hall–Kier alpha value is -3.39. The number of benzene rings is 3. The van der Waals surface area contributed by atoms with Crippen molar-refractivity contribution < 1.29 is 18.0 Å². The summed E-state index contributed by atoms with van der Waals surface area (Å²) in [4.78, 5) is 27.3. The van der Waals surface area contributed by atoms with Gasteiger partial charge in [-0.15, -0.1) is 0 Å². The molecule has 0 saturated heterocycles. The number of rotatable bonds is 2. The molecular formula is C22H19N3O4S. The molecule has 0 aliphatic carbocycles. The van der Waals surface area contributed by atoms with Crippen molar-refractivity contribution in [1.29, 1.82) is 0 Å². The summed E-state index contributed by atoms with van der Waals surface area (Å²) in [6.07, 6.45) is 0.128. The predicted molar refractivity (Wildman–Crippen MR) is 115 cm³/mol. The van der Waals surface area contributed by atoms with Gasteiger partial charge in [-0.1, -0.05) is 36.4 Å². The minimum absolute atomic E-state index is 0.128. The minimum atomic E-state index is -3.84. The first-order chi connectivity index (χ1) is 14.4. The molecule has 1 unspecified atom stereocenters. The number of hydrogen-bond acceptors (Lipinski definition) is 4. The van der Waals surface area contributed by atoms with Gasteiger partial charge in [0, 0.05) is 17.8 Å². The van der Waals surface area contributed by atoms with Gasteiger partial charge in [0.25, 0.3) is 10.0 Å². The molecule has 2 amide bonds. The SMILES string of the molecule is CC1CC(=O)Nc2ccccc2N1C(=O)CN1c2cccc3cccc(c23)S1(=O)=O. The van der Waals surface area contributed by atoms with Crippen LogP contribution in [0.4, 0.5) is 17.1 Å². The highest BCUT2D eigenvalue weighted by Gasteiger charge is 2.39. The second kappa shape index (κ2) is 6.56. The van der Waals surface area contributed by atoms with Crippen molar-refractivity contribution in [1.82, 2.24) is 0 Å². The highest BCUT2D eigenvalue weighted by Crippen LogP contribution is 2.42. The van der Waals surface area contributed by atoms with Crippen LogP contribution < -0.4 is 14.5 Å². The molecule has 0 spiro atoms. The molecule has 0 radical (unpaired) electrons. The van der Waals surface area contributed by atoms with Crippen LogP contribution in [0.2, 0.25) is 0 Å². The Morgan fingerprint density at radius 3 is 2.53 bits per heavy atom. The van der Waals surface area contributed by atoms with E-state index in [2.05, 4.69) is 5.32 Å². The average Bonchev–Trinajstić information content (AvgIpc) is 2.84. The molecule has 0 aromatic heterocycles. The second-order valence-corrected chi connectivity index (χ2v) is 9.36. The van der Waals surface area contributed by atoms with Crippen LogP contribution in [-0.2, 0) is 19.6 Å². The van der Waals surface area contributed by atoms with E-state index in [0.29, 0.717) is 22.4 Å². The number of carbonyl (C=O) groups is 2. The van der Waals surface area contributed by atoms with Gasteiger partial charge in [-0.2, -0.15) is 0 Å². The molecule has 3 aromatic rings. The summed E-state index contributed by atoms with van der Waals surface area (Å²) in [6.45, 7) is 1.44. The summed E-state index contributed by atoms with van der Waals surface area (Å²) in [5.74, 6) is -0.573. The zero-order chi connectivity index (χ0) is 21.0. The third kappa shape index (κ3) is 2.68. The van der Waals surface area contributed by atoms with Crippen LogP contribution in [0.3, 0.4) is 0 Å². The molecule has 0 saturated carbocycles. The normalized spacial score (nSPS) is 19.4. The van der Waals surface area contributed by atoms with E-state index in [-0.39, 0.29) is 29.7 Å². The number of fused-ring (bicyclic) bond motifs is 1. The minimum Gasteiger partial charge on any atom is -0.324 e. The number of nitrogens with zero attached hydrogens (tertiary/aromatic N) is 2. The highest BCUT2D eigenvalue weighted by atomic mass is 32.2. The summed E-state index contributed by atoms with van der Waals surface area (Å²) < 4.78 is 27.6. The molecule has 1 N–H and O–H groups in total. The van der Waals surface area contributed by atoms with Crippen LogP contribution in [0.15, 0.2) is 65.6 Å². The predicted octanol–water partition coefficient (Wildman–Crippen LogP) is 3.11. The van der Waals surface area contributed by atoms with Gasteiger partial charge in [0.05, 0.1) is 22.0 Å². The van der Waals surface area contributed by atoms with Crippen molar-refractivity contribution in [3.05, 3.63) is 60.7 Å². The van der Waals surface area contributed by atoms with E-state index in [1.165, 1.54) is 9.21 Å². The Morgan fingerprint density at radius 1 is 1.03 bits per heavy atom. The van der Waals surface area contributed by atoms with Gasteiger partial charge in [0.15, 0.2) is 0 Å². The lowest BCUT2D eigenvalue weighted by Gasteiger charge is -2.30. The summed E-state index contributed by atoms with van der Waals surface area (Å²) in [7, 11) is -3.84. The Kier molecular flexibility index (Phi) is 4.08. The van der Waals surface area contributed by atoms with Gasteiger partial charge < -0.3 is 10.2 Å². The first kappa shape index (κ1) is 18.6. The van der Waals surface area contributed by atoms with Crippen LogP contribution >= 0.6 is 0 Å². The summed E-state index contributed by atoms with van der Waals surface area (Å²) in [6, 6.07) is 17.1. The number of amides is 2. The van der Waals surface area contributed by atoms with Crippen molar-refractivity contribution in [3.8, 4) is 0 Å². The van der Waals surface area contributed by atoms with Crippen LogP contribution in [-0.4, -0.2) is 32.8 Å². The lowest BCUT2D eigenvalue weighted by atomic mass is 10.1. The maximum absolute atomic E-state index is 13.4. The molecular weight excluding hydrogens is 402 g/mol. The maximum atomic E-state index is 13.4.